The van der Waals surface area contributed by atoms with Gasteiger partial charge in [0.2, 0.25) is 0 Å². The first-order chi connectivity index (χ1) is 17.5. The Kier molecular flexibility index (Phi) is 9.39. The monoisotopic (exact) mass is 529 g/mol. The summed E-state index contributed by atoms with van der Waals surface area (Å²) in [5, 5.41) is 42.4. The summed E-state index contributed by atoms with van der Waals surface area (Å²) in [6.07, 6.45) is -9.51. The largest absolute Gasteiger partial charge is 0.463 e. The molecule has 1 unspecified atom stereocenters. The van der Waals surface area contributed by atoms with Crippen LogP contribution in [0.15, 0.2) is 20.9 Å². The number of nitrogens with one attached hydrogen (secondary N) is 1. The van der Waals surface area contributed by atoms with Gasteiger partial charge in [0.15, 0.2) is 12.4 Å². The molecule has 1 aromatic rings. The van der Waals surface area contributed by atoms with Crippen LogP contribution in [0.25, 0.3) is 10.4 Å². The number of aliphatic hydroxyl groups excluding tert-OH is 4. The molecule has 17 heteroatoms. The van der Waals surface area contributed by atoms with Gasteiger partial charge in [-0.1, -0.05) is 5.11 Å². The van der Waals surface area contributed by atoms with Crippen molar-refractivity contribution in [1.29, 1.82) is 0 Å². The highest BCUT2D eigenvalue weighted by Gasteiger charge is 2.46. The highest BCUT2D eigenvalue weighted by molar-refractivity contribution is 5.77. The van der Waals surface area contributed by atoms with E-state index in [9.17, 15) is 34.5 Å². The van der Waals surface area contributed by atoms with Crippen molar-refractivity contribution in [3.63, 3.8) is 0 Å². The Bertz CT molecular complexity index is 1150. The minimum atomic E-state index is -1.81. The first-order valence-corrected chi connectivity index (χ1v) is 11.2. The number of nitrogens with zero attached hydrogens (tertiary/aromatic N) is 4. The number of hydrogen-bond acceptors (Lipinski definition) is 13. The number of carbonyl (C=O) groups is 2. The van der Waals surface area contributed by atoms with Gasteiger partial charge in [0.25, 0.3) is 5.56 Å². The zero-order chi connectivity index (χ0) is 27.3. The molecule has 0 bridgehead atoms. The third-order valence-corrected chi connectivity index (χ3v) is 5.91. The van der Waals surface area contributed by atoms with Crippen molar-refractivity contribution in [2.24, 2.45) is 5.11 Å². The second kappa shape index (κ2) is 12.3. The molecule has 2 saturated heterocycles. The standard InChI is InChI=1S/C20H27N5O12/c1-8-5-25(20(33)22-18(8)31)12-4-9(23-24-21)11(35-12)7-34-13(27)2-3-14(28)37-17-15(29)10(6-26)36-19(32)16(17)30/h5,9-12,15-17,19,26,29-30,32H,2-4,6-7H2,1H3,(H,22,31,33)/t9-,10+,11+,12+,15+,16+,17-,19?/m0/s1. The molecule has 2 aliphatic heterocycles. The molecule has 5 N–H and O–H groups in total. The van der Waals surface area contributed by atoms with Gasteiger partial charge in [-0.3, -0.25) is 23.9 Å². The lowest BCUT2D eigenvalue weighted by Gasteiger charge is -2.39. The van der Waals surface area contributed by atoms with E-state index < -0.39 is 91.7 Å². The number of carbonyl (C=O) groups excluding carboxylic acids is 2. The minimum Gasteiger partial charge on any atom is -0.463 e. The number of hydrogen-bond donors (Lipinski definition) is 5. The number of aromatic amines is 1. The van der Waals surface area contributed by atoms with Crippen LogP contribution in [-0.2, 0) is 28.5 Å². The summed E-state index contributed by atoms with van der Waals surface area (Å²) >= 11 is 0. The fourth-order valence-electron chi connectivity index (χ4n) is 3.89. The summed E-state index contributed by atoms with van der Waals surface area (Å²) in [6.45, 7) is 0.422. The molecule has 0 radical (unpaired) electrons. The fourth-order valence-corrected chi connectivity index (χ4v) is 3.89. The smallest absolute Gasteiger partial charge is 0.330 e. The summed E-state index contributed by atoms with van der Waals surface area (Å²) in [6, 6.07) is -0.797. The van der Waals surface area contributed by atoms with Crippen LogP contribution in [0.3, 0.4) is 0 Å². The van der Waals surface area contributed by atoms with Crippen LogP contribution in [0, 0.1) is 6.92 Å². The van der Waals surface area contributed by atoms with Gasteiger partial charge in [0, 0.05) is 23.1 Å². The Morgan fingerprint density at radius 2 is 1.89 bits per heavy atom. The Morgan fingerprint density at radius 3 is 2.57 bits per heavy atom. The number of esters is 2. The van der Waals surface area contributed by atoms with Gasteiger partial charge in [0.05, 0.1) is 25.5 Å². The predicted molar refractivity (Wildman–Crippen MR) is 118 cm³/mol. The molecule has 2 fully saturated rings. The van der Waals surface area contributed by atoms with Gasteiger partial charge < -0.3 is 39.4 Å². The number of aryl methyl sites for hydroxylation is 1. The van der Waals surface area contributed by atoms with Gasteiger partial charge in [-0.15, -0.1) is 0 Å². The van der Waals surface area contributed by atoms with Crippen LogP contribution in [0.1, 0.15) is 31.1 Å². The molecule has 204 valence electrons. The van der Waals surface area contributed by atoms with Crippen molar-refractivity contribution in [2.75, 3.05) is 13.2 Å². The van der Waals surface area contributed by atoms with E-state index >= 15 is 0 Å². The van der Waals surface area contributed by atoms with Crippen molar-refractivity contribution in [2.45, 2.75) is 75.3 Å². The van der Waals surface area contributed by atoms with Gasteiger partial charge in [-0.2, -0.15) is 0 Å². The maximum absolute atomic E-state index is 12.2. The van der Waals surface area contributed by atoms with Crippen LogP contribution < -0.4 is 11.2 Å². The highest BCUT2D eigenvalue weighted by Crippen LogP contribution is 2.30. The lowest BCUT2D eigenvalue weighted by atomic mass is 9.99. The van der Waals surface area contributed by atoms with Gasteiger partial charge in [-0.25, -0.2) is 4.79 Å². The van der Waals surface area contributed by atoms with Crippen molar-refractivity contribution in [3.05, 3.63) is 43.0 Å². The molecular formula is C20H27N5O12. The van der Waals surface area contributed by atoms with Crippen molar-refractivity contribution >= 4 is 11.9 Å². The van der Waals surface area contributed by atoms with Crippen LogP contribution in [0.4, 0.5) is 0 Å². The van der Waals surface area contributed by atoms with E-state index in [4.69, 9.17) is 29.6 Å². The molecule has 3 rings (SSSR count). The number of ether oxygens (including phenoxy) is 4. The van der Waals surface area contributed by atoms with E-state index in [1.54, 1.807) is 0 Å². The van der Waals surface area contributed by atoms with Crippen molar-refractivity contribution < 1.29 is 49.0 Å². The predicted octanol–water partition coefficient (Wildman–Crippen LogP) is -2.52. The first kappa shape index (κ1) is 28.3. The Labute approximate surface area is 207 Å². The molecule has 1 aromatic heterocycles. The van der Waals surface area contributed by atoms with Crippen molar-refractivity contribution in [3.8, 4) is 0 Å². The molecule has 0 spiro atoms. The molecule has 2 aliphatic rings. The Morgan fingerprint density at radius 1 is 1.19 bits per heavy atom. The minimum absolute atomic E-state index is 0.0699. The molecule has 0 saturated carbocycles. The van der Waals surface area contributed by atoms with E-state index in [-0.39, 0.29) is 18.6 Å². The molecule has 3 heterocycles. The lowest BCUT2D eigenvalue weighted by Crippen LogP contribution is -2.59. The van der Waals surface area contributed by atoms with E-state index in [2.05, 4.69) is 15.0 Å². The Balaban J connectivity index is 1.52. The van der Waals surface area contributed by atoms with E-state index in [0.717, 1.165) is 4.57 Å². The SMILES string of the molecule is Cc1cn([C@H]2C[C@H](N=[N+]=[N-])[C@@H](COC(=O)CCC(=O)O[C@H]3[C@H](O)[C@@H](CO)OC(O)[C@@H]3O)O2)c(=O)[nH]c1=O. The van der Waals surface area contributed by atoms with Gasteiger partial charge in [0.1, 0.15) is 37.3 Å². The van der Waals surface area contributed by atoms with Gasteiger partial charge >= 0.3 is 17.6 Å². The van der Waals surface area contributed by atoms with Crippen molar-refractivity contribution in [1.82, 2.24) is 9.55 Å². The number of aromatic nitrogens is 2. The number of rotatable bonds is 9. The molecule has 37 heavy (non-hydrogen) atoms. The summed E-state index contributed by atoms with van der Waals surface area (Å²) in [5.41, 5.74) is 7.81. The number of aliphatic hydroxyl groups is 4. The first-order valence-electron chi connectivity index (χ1n) is 11.2. The molecule has 8 atom stereocenters. The summed E-state index contributed by atoms with van der Waals surface area (Å²) in [4.78, 5) is 52.9. The summed E-state index contributed by atoms with van der Waals surface area (Å²) in [7, 11) is 0. The zero-order valence-electron chi connectivity index (χ0n) is 19.6. The quantitative estimate of drug-likeness (QED) is 0.0961. The average Bonchev–Trinajstić information content (AvgIpc) is 3.26. The van der Waals surface area contributed by atoms with Crippen LogP contribution in [0.2, 0.25) is 0 Å². The lowest BCUT2D eigenvalue weighted by molar-refractivity contribution is -0.289. The highest BCUT2D eigenvalue weighted by atomic mass is 16.7. The average molecular weight is 529 g/mol. The third-order valence-electron chi connectivity index (χ3n) is 5.91. The fraction of sp³-hybridized carbons (Fsp3) is 0.700. The second-order valence-electron chi connectivity index (χ2n) is 8.48. The van der Waals surface area contributed by atoms with Gasteiger partial charge in [-0.05, 0) is 12.5 Å². The molecule has 0 aromatic carbocycles. The van der Waals surface area contributed by atoms with Crippen LogP contribution in [-0.4, -0.2) is 98.0 Å². The Hall–Kier alpha value is -3.31. The topological polar surface area (TPSA) is 256 Å². The van der Waals surface area contributed by atoms with E-state index in [1.807, 2.05) is 0 Å². The molecular weight excluding hydrogens is 502 g/mol. The molecule has 17 nitrogen and oxygen atoms in total. The second-order valence-corrected chi connectivity index (χ2v) is 8.48. The number of azide groups is 1. The molecule has 0 aliphatic carbocycles. The van der Waals surface area contributed by atoms with E-state index in [1.165, 1.54) is 13.1 Å². The zero-order valence-corrected chi connectivity index (χ0v) is 19.6. The van der Waals surface area contributed by atoms with Crippen LogP contribution >= 0.6 is 0 Å². The number of H-pyrrole nitrogens is 1. The maximum Gasteiger partial charge on any atom is 0.330 e. The van der Waals surface area contributed by atoms with Crippen LogP contribution in [0.5, 0.6) is 0 Å². The molecule has 0 amide bonds. The third kappa shape index (κ3) is 6.72. The maximum atomic E-state index is 12.2. The normalized spacial score (nSPS) is 31.4. The van der Waals surface area contributed by atoms with E-state index in [0.29, 0.717) is 0 Å². The summed E-state index contributed by atoms with van der Waals surface area (Å²) < 4.78 is 21.7. The summed E-state index contributed by atoms with van der Waals surface area (Å²) in [5.74, 6) is -1.84.